The zero-order valence-corrected chi connectivity index (χ0v) is 21.3. The van der Waals surface area contributed by atoms with E-state index in [9.17, 15) is 14.7 Å². The van der Waals surface area contributed by atoms with Gasteiger partial charge in [0.2, 0.25) is 5.36 Å². The van der Waals surface area contributed by atoms with Gasteiger partial charge in [0, 0.05) is 59.4 Å². The largest absolute Gasteiger partial charge is 0.478 e. The van der Waals surface area contributed by atoms with E-state index in [-0.39, 0.29) is 11.3 Å². The van der Waals surface area contributed by atoms with Crippen molar-refractivity contribution in [2.24, 2.45) is 5.41 Å². The van der Waals surface area contributed by atoms with Gasteiger partial charge in [0.05, 0.1) is 11.6 Å². The van der Waals surface area contributed by atoms with Crippen molar-refractivity contribution in [2.75, 3.05) is 33.1 Å². The van der Waals surface area contributed by atoms with Gasteiger partial charge in [-0.25, -0.2) is 9.37 Å². The van der Waals surface area contributed by atoms with Crippen LogP contribution in [0.25, 0.3) is 33.4 Å². The molecule has 1 aliphatic carbocycles. The molecule has 0 unspecified atom stereocenters. The van der Waals surface area contributed by atoms with Gasteiger partial charge in [-0.1, -0.05) is 32.9 Å². The topological polar surface area (TPSA) is 73.8 Å². The predicted octanol–water partition coefficient (Wildman–Crippen LogP) is 5.23. The highest BCUT2D eigenvalue weighted by Gasteiger charge is 2.27. The van der Waals surface area contributed by atoms with Gasteiger partial charge in [-0.15, -0.1) is 0 Å². The van der Waals surface area contributed by atoms with Crippen LogP contribution in [0.2, 0.25) is 0 Å². The van der Waals surface area contributed by atoms with Crippen LogP contribution in [0.15, 0.2) is 59.0 Å². The molecule has 6 nitrogen and oxygen atoms in total. The SMILES string of the molecule is CN(C)c1ccc2c(-c3ccc(C(=O)C(C)(C)C)cc3C(=O)O)c3ccc(=[N+](C)C)cc-3oc2c1. The van der Waals surface area contributed by atoms with Crippen molar-refractivity contribution in [3.8, 4) is 22.5 Å². The fourth-order valence-corrected chi connectivity index (χ4v) is 4.23. The van der Waals surface area contributed by atoms with E-state index in [4.69, 9.17) is 4.42 Å². The molecule has 0 bridgehead atoms. The third-order valence-corrected chi connectivity index (χ3v) is 6.18. The molecule has 0 atom stereocenters. The van der Waals surface area contributed by atoms with E-state index in [1.54, 1.807) is 12.1 Å². The zero-order valence-electron chi connectivity index (χ0n) is 21.3. The molecule has 1 N–H and O–H groups in total. The Bertz CT molecular complexity index is 1520. The lowest BCUT2D eigenvalue weighted by atomic mass is 9.84. The monoisotopic (exact) mass is 471 g/mol. The average Bonchev–Trinajstić information content (AvgIpc) is 2.80. The Balaban J connectivity index is 2.12. The van der Waals surface area contributed by atoms with Gasteiger partial charge in [-0.05, 0) is 29.8 Å². The van der Waals surface area contributed by atoms with Crippen LogP contribution in [0, 0.1) is 5.41 Å². The number of hydrogen-bond donors (Lipinski definition) is 1. The summed E-state index contributed by atoms with van der Waals surface area (Å²) in [5.74, 6) is -0.531. The first-order valence-electron chi connectivity index (χ1n) is 11.5. The summed E-state index contributed by atoms with van der Waals surface area (Å²) in [6.07, 6.45) is 0. The third kappa shape index (κ3) is 4.44. The number of ketones is 1. The smallest absolute Gasteiger partial charge is 0.336 e. The second-order valence-corrected chi connectivity index (χ2v) is 10.3. The van der Waals surface area contributed by atoms with Gasteiger partial charge in [-0.2, -0.15) is 0 Å². The molecule has 0 fully saturated rings. The highest BCUT2D eigenvalue weighted by Crippen LogP contribution is 2.42. The molecule has 2 aromatic carbocycles. The van der Waals surface area contributed by atoms with Gasteiger partial charge >= 0.3 is 5.97 Å². The average molecular weight is 472 g/mol. The summed E-state index contributed by atoms with van der Waals surface area (Å²) in [7, 11) is 7.84. The van der Waals surface area contributed by atoms with Gasteiger partial charge in [0.15, 0.2) is 5.78 Å². The number of carbonyl (C=O) groups is 2. The normalized spacial score (nSPS) is 11.6. The molecular weight excluding hydrogens is 440 g/mol. The lowest BCUT2D eigenvalue weighted by Crippen LogP contribution is -2.21. The van der Waals surface area contributed by atoms with Gasteiger partial charge in [0.1, 0.15) is 25.4 Å². The summed E-state index contributed by atoms with van der Waals surface area (Å²) < 4.78 is 8.33. The highest BCUT2D eigenvalue weighted by atomic mass is 16.4. The molecule has 0 spiro atoms. The van der Waals surface area contributed by atoms with Gasteiger partial charge < -0.3 is 14.4 Å². The number of carboxylic acid groups (broad SMARTS) is 1. The van der Waals surface area contributed by atoms with Crippen LogP contribution >= 0.6 is 0 Å². The quantitative estimate of drug-likeness (QED) is 0.251. The maximum atomic E-state index is 12.9. The van der Waals surface area contributed by atoms with Crippen LogP contribution in [-0.4, -0.2) is 45.0 Å². The molecular formula is C29H31N2O4+. The maximum absolute atomic E-state index is 12.9. The van der Waals surface area contributed by atoms with E-state index in [2.05, 4.69) is 0 Å². The van der Waals surface area contributed by atoms with Crippen molar-refractivity contribution in [3.05, 3.63) is 71.1 Å². The molecule has 4 rings (SSSR count). The van der Waals surface area contributed by atoms with Crippen molar-refractivity contribution >= 4 is 28.4 Å². The number of hydrogen-bond acceptors (Lipinski definition) is 4. The summed E-state index contributed by atoms with van der Waals surface area (Å²) in [6, 6.07) is 16.8. The number of Topliss-reactive ketones (excluding diaryl/α,β-unsaturated/α-hetero) is 1. The number of aromatic carboxylic acids is 1. The molecule has 2 aliphatic rings. The molecule has 0 aromatic heterocycles. The molecule has 180 valence electrons. The first-order chi connectivity index (χ1) is 16.4. The van der Waals surface area contributed by atoms with E-state index in [1.165, 1.54) is 6.07 Å². The van der Waals surface area contributed by atoms with E-state index < -0.39 is 11.4 Å². The fourth-order valence-electron chi connectivity index (χ4n) is 4.23. The van der Waals surface area contributed by atoms with Crippen molar-refractivity contribution in [3.63, 3.8) is 0 Å². The molecule has 1 aliphatic heterocycles. The number of anilines is 1. The Morgan fingerprint density at radius 1 is 0.914 bits per heavy atom. The van der Waals surface area contributed by atoms with Gasteiger partial charge in [-0.3, -0.25) is 4.79 Å². The number of benzene rings is 3. The van der Waals surface area contributed by atoms with E-state index >= 15 is 0 Å². The molecule has 6 heteroatoms. The lowest BCUT2D eigenvalue weighted by Gasteiger charge is -2.20. The number of rotatable bonds is 4. The molecule has 0 radical (unpaired) electrons. The molecule has 2 aromatic rings. The minimum Gasteiger partial charge on any atom is -0.478 e. The van der Waals surface area contributed by atoms with Crippen LogP contribution in [0.3, 0.4) is 0 Å². The lowest BCUT2D eigenvalue weighted by molar-refractivity contribution is 0.0697. The van der Waals surface area contributed by atoms with E-state index in [1.807, 2.05) is 94.8 Å². The van der Waals surface area contributed by atoms with Crippen molar-refractivity contribution in [2.45, 2.75) is 20.8 Å². The second-order valence-electron chi connectivity index (χ2n) is 10.3. The molecule has 35 heavy (non-hydrogen) atoms. The zero-order chi connectivity index (χ0) is 25.7. The van der Waals surface area contributed by atoms with Crippen molar-refractivity contribution < 1.29 is 19.1 Å². The standard InChI is InChI=1S/C29H30N2O4/c1-29(2,3)27(32)17-8-11-20(23(14-17)28(33)34)26-21-12-9-18(30(4)5)15-24(21)35-25-16-19(31(6)7)10-13-22(25)26/h8-16H,1-7H3/p+1. The Hall–Kier alpha value is -3.93. The Morgan fingerprint density at radius 2 is 1.60 bits per heavy atom. The second kappa shape index (κ2) is 8.69. The minimum atomic E-state index is -1.08. The van der Waals surface area contributed by atoms with Crippen LogP contribution in [0.1, 0.15) is 41.5 Å². The third-order valence-electron chi connectivity index (χ3n) is 6.18. The maximum Gasteiger partial charge on any atom is 0.336 e. The minimum absolute atomic E-state index is 0.0854. The summed E-state index contributed by atoms with van der Waals surface area (Å²) in [5, 5.41) is 11.9. The number of fused-ring (bicyclic) bond motifs is 2. The first-order valence-corrected chi connectivity index (χ1v) is 11.5. The molecule has 0 saturated heterocycles. The van der Waals surface area contributed by atoms with E-state index in [0.29, 0.717) is 22.5 Å². The highest BCUT2D eigenvalue weighted by molar-refractivity contribution is 6.10. The van der Waals surface area contributed by atoms with Crippen LogP contribution < -0.4 is 14.8 Å². The Kier molecular flexibility index (Phi) is 6.01. The predicted molar refractivity (Wildman–Crippen MR) is 140 cm³/mol. The number of carboxylic acids is 1. The summed E-state index contributed by atoms with van der Waals surface area (Å²) in [5.41, 5.74) is 3.60. The van der Waals surface area contributed by atoms with Crippen LogP contribution in [0.4, 0.5) is 5.69 Å². The molecule has 1 heterocycles. The van der Waals surface area contributed by atoms with Crippen molar-refractivity contribution in [1.82, 2.24) is 4.58 Å². The Morgan fingerprint density at radius 3 is 2.20 bits per heavy atom. The first kappa shape index (κ1) is 24.2. The number of nitrogens with zero attached hydrogens (tertiary/aromatic N) is 2. The fraction of sp³-hybridized carbons (Fsp3) is 0.276. The Labute approximate surface area is 205 Å². The summed E-state index contributed by atoms with van der Waals surface area (Å²) >= 11 is 0. The molecule has 0 amide bonds. The summed E-state index contributed by atoms with van der Waals surface area (Å²) in [6.45, 7) is 5.48. The van der Waals surface area contributed by atoms with Crippen LogP contribution in [-0.2, 0) is 0 Å². The van der Waals surface area contributed by atoms with E-state index in [0.717, 1.165) is 27.6 Å². The van der Waals surface area contributed by atoms with Crippen LogP contribution in [0.5, 0.6) is 0 Å². The molecule has 0 saturated carbocycles. The van der Waals surface area contributed by atoms with Crippen molar-refractivity contribution in [1.29, 1.82) is 0 Å². The van der Waals surface area contributed by atoms with Gasteiger partial charge in [0.25, 0.3) is 0 Å². The number of carbonyl (C=O) groups excluding carboxylic acids is 1. The summed E-state index contributed by atoms with van der Waals surface area (Å²) in [4.78, 5) is 27.3.